The average Bonchev–Trinajstić information content (AvgIpc) is 3.52. The van der Waals surface area contributed by atoms with Gasteiger partial charge in [-0.15, -0.1) is 0 Å². The Kier molecular flexibility index (Phi) is 4.62. The molecule has 1 atom stereocenters. The van der Waals surface area contributed by atoms with Gasteiger partial charge in [0.1, 0.15) is 23.4 Å². The number of nitrogens with zero attached hydrogens (tertiary/aromatic N) is 3. The molecule has 2 aromatic heterocycles. The van der Waals surface area contributed by atoms with E-state index < -0.39 is 0 Å². The van der Waals surface area contributed by atoms with Gasteiger partial charge >= 0.3 is 0 Å². The normalized spacial score (nSPS) is 15.5. The highest BCUT2D eigenvalue weighted by Gasteiger charge is 2.41. The summed E-state index contributed by atoms with van der Waals surface area (Å²) in [5, 5.41) is 11.9. The molecule has 1 aliphatic rings. The van der Waals surface area contributed by atoms with E-state index in [4.69, 9.17) is 9.26 Å². The molecule has 2 aromatic carbocycles. The minimum absolute atomic E-state index is 0.0901. The molecule has 1 aliphatic heterocycles. The summed E-state index contributed by atoms with van der Waals surface area (Å²) in [5.74, 6) is 1.14. The molecule has 0 amide bonds. The Morgan fingerprint density at radius 2 is 1.87 bits per heavy atom. The highest BCUT2D eigenvalue weighted by Crippen LogP contribution is 2.50. The van der Waals surface area contributed by atoms with E-state index in [1.165, 1.54) is 0 Å². The van der Waals surface area contributed by atoms with E-state index in [0.717, 1.165) is 50.9 Å². The Morgan fingerprint density at radius 3 is 2.55 bits per heavy atom. The van der Waals surface area contributed by atoms with Crippen molar-refractivity contribution in [2.75, 3.05) is 12.0 Å². The zero-order chi connectivity index (χ0) is 21.5. The third kappa shape index (κ3) is 3.03. The fourth-order valence-corrected chi connectivity index (χ4v) is 4.35. The fraction of sp³-hybridized carbons (Fsp3) is 0.200. The van der Waals surface area contributed by atoms with Crippen LogP contribution in [-0.2, 0) is 0 Å². The average molecular weight is 412 g/mol. The van der Waals surface area contributed by atoms with Gasteiger partial charge in [-0.05, 0) is 24.1 Å². The van der Waals surface area contributed by atoms with Gasteiger partial charge in [-0.25, -0.2) is 0 Å². The van der Waals surface area contributed by atoms with Crippen molar-refractivity contribution in [1.82, 2.24) is 15.4 Å². The van der Waals surface area contributed by atoms with Crippen LogP contribution in [-0.4, -0.2) is 22.5 Å². The highest BCUT2D eigenvalue weighted by molar-refractivity contribution is 5.86. The van der Waals surface area contributed by atoms with Gasteiger partial charge in [0.05, 0.1) is 18.8 Å². The van der Waals surface area contributed by atoms with Crippen molar-refractivity contribution in [3.63, 3.8) is 0 Å². The van der Waals surface area contributed by atoms with E-state index in [2.05, 4.69) is 58.9 Å². The summed E-state index contributed by atoms with van der Waals surface area (Å²) in [4.78, 5) is 2.24. The maximum atomic E-state index is 5.73. The quantitative estimate of drug-likeness (QED) is 0.450. The van der Waals surface area contributed by atoms with Crippen molar-refractivity contribution < 1.29 is 9.26 Å². The van der Waals surface area contributed by atoms with Crippen LogP contribution in [0.5, 0.6) is 5.75 Å². The topological polar surface area (TPSA) is 67.2 Å². The van der Waals surface area contributed by atoms with Gasteiger partial charge in [-0.1, -0.05) is 55.9 Å². The van der Waals surface area contributed by atoms with Crippen molar-refractivity contribution in [3.05, 3.63) is 90.0 Å². The second-order valence-electron chi connectivity index (χ2n) is 7.95. The predicted molar refractivity (Wildman–Crippen MR) is 121 cm³/mol. The number of rotatable bonds is 5. The third-order valence-corrected chi connectivity index (χ3v) is 5.82. The lowest BCUT2D eigenvalue weighted by Crippen LogP contribution is -2.23. The van der Waals surface area contributed by atoms with Crippen LogP contribution in [0.3, 0.4) is 0 Å². The van der Waals surface area contributed by atoms with Gasteiger partial charge in [-0.3, -0.25) is 5.10 Å². The van der Waals surface area contributed by atoms with Crippen molar-refractivity contribution in [2.45, 2.75) is 25.8 Å². The molecule has 0 saturated carbocycles. The molecule has 0 spiro atoms. The van der Waals surface area contributed by atoms with Crippen LogP contribution >= 0.6 is 0 Å². The molecule has 0 aliphatic carbocycles. The van der Waals surface area contributed by atoms with Gasteiger partial charge in [0.25, 0.3) is 0 Å². The molecule has 5 rings (SSSR count). The van der Waals surface area contributed by atoms with Crippen LogP contribution in [0.1, 0.15) is 48.3 Å². The molecule has 156 valence electrons. The fourth-order valence-electron chi connectivity index (χ4n) is 4.35. The van der Waals surface area contributed by atoms with E-state index in [0.29, 0.717) is 5.92 Å². The molecule has 3 heterocycles. The van der Waals surface area contributed by atoms with Crippen LogP contribution in [0.2, 0.25) is 0 Å². The van der Waals surface area contributed by atoms with Gasteiger partial charge in [0, 0.05) is 34.1 Å². The molecule has 0 radical (unpaired) electrons. The molecule has 0 fully saturated rings. The Hall–Kier alpha value is -3.80. The van der Waals surface area contributed by atoms with Crippen LogP contribution in [0.4, 0.5) is 5.69 Å². The first-order valence-corrected chi connectivity index (χ1v) is 10.3. The number of aromatic amines is 1. The summed E-state index contributed by atoms with van der Waals surface area (Å²) in [6.07, 6.45) is 1.58. The Balaban J connectivity index is 1.66. The number of hydrogen-bond donors (Lipinski definition) is 1. The SMILES string of the molecule is C=C1c2n[nH]c(C(C)C)c2C(c2ccccc2OC)N1c1ccc(-c2ccon2)cc1. The summed E-state index contributed by atoms with van der Waals surface area (Å²) in [7, 11) is 1.71. The van der Waals surface area contributed by atoms with E-state index in [1.807, 2.05) is 36.4 Å². The maximum Gasteiger partial charge on any atom is 0.124 e. The zero-order valence-corrected chi connectivity index (χ0v) is 17.8. The largest absolute Gasteiger partial charge is 0.496 e. The number of aromatic nitrogens is 3. The van der Waals surface area contributed by atoms with E-state index >= 15 is 0 Å². The lowest BCUT2D eigenvalue weighted by atomic mass is 9.94. The van der Waals surface area contributed by atoms with E-state index in [1.54, 1.807) is 13.4 Å². The number of benzene rings is 2. The predicted octanol–water partition coefficient (Wildman–Crippen LogP) is 5.78. The lowest BCUT2D eigenvalue weighted by Gasteiger charge is -2.30. The molecular formula is C25H24N4O2. The third-order valence-electron chi connectivity index (χ3n) is 5.82. The Labute approximate surface area is 181 Å². The van der Waals surface area contributed by atoms with Crippen molar-refractivity contribution in [1.29, 1.82) is 0 Å². The van der Waals surface area contributed by atoms with Crippen LogP contribution < -0.4 is 9.64 Å². The van der Waals surface area contributed by atoms with Gasteiger partial charge < -0.3 is 14.2 Å². The number of hydrogen-bond acceptors (Lipinski definition) is 5. The minimum atomic E-state index is -0.0901. The number of ether oxygens (including phenoxy) is 1. The maximum absolute atomic E-state index is 5.73. The van der Waals surface area contributed by atoms with E-state index in [9.17, 15) is 0 Å². The van der Waals surface area contributed by atoms with Crippen molar-refractivity contribution >= 4 is 11.4 Å². The first-order valence-electron chi connectivity index (χ1n) is 10.3. The summed E-state index contributed by atoms with van der Waals surface area (Å²) < 4.78 is 10.7. The standard InChI is InChI=1S/C25H24N4O2/c1-15(2)23-22-24(27-26-23)16(3)29(25(22)19-7-5-6-8-21(19)30-4)18-11-9-17(10-12-18)20-13-14-31-28-20/h5-15,25H,3H2,1-2,4H3,(H,26,27). The lowest BCUT2D eigenvalue weighted by molar-refractivity contribution is 0.408. The number of fused-ring (bicyclic) bond motifs is 1. The molecule has 1 unspecified atom stereocenters. The summed E-state index contributed by atoms with van der Waals surface area (Å²) in [6, 6.07) is 18.2. The smallest absolute Gasteiger partial charge is 0.124 e. The van der Waals surface area contributed by atoms with Crippen molar-refractivity contribution in [3.8, 4) is 17.0 Å². The Bertz CT molecular complexity index is 1220. The van der Waals surface area contributed by atoms with Crippen LogP contribution in [0, 0.1) is 0 Å². The zero-order valence-electron chi connectivity index (χ0n) is 17.8. The molecule has 4 aromatic rings. The van der Waals surface area contributed by atoms with Crippen LogP contribution in [0.25, 0.3) is 17.0 Å². The second-order valence-corrected chi connectivity index (χ2v) is 7.95. The first kappa shape index (κ1) is 19.2. The molecular weight excluding hydrogens is 388 g/mol. The Morgan fingerprint density at radius 1 is 1.10 bits per heavy atom. The number of para-hydroxylation sites is 1. The number of H-pyrrole nitrogens is 1. The highest BCUT2D eigenvalue weighted by atomic mass is 16.5. The summed E-state index contributed by atoms with van der Waals surface area (Å²) in [6.45, 7) is 8.75. The molecule has 31 heavy (non-hydrogen) atoms. The summed E-state index contributed by atoms with van der Waals surface area (Å²) >= 11 is 0. The monoisotopic (exact) mass is 412 g/mol. The molecule has 0 saturated heterocycles. The van der Waals surface area contributed by atoms with Gasteiger partial charge in [0.2, 0.25) is 0 Å². The molecule has 6 nitrogen and oxygen atoms in total. The minimum Gasteiger partial charge on any atom is -0.496 e. The molecule has 6 heteroatoms. The molecule has 0 bridgehead atoms. The van der Waals surface area contributed by atoms with Gasteiger partial charge in [0.15, 0.2) is 0 Å². The second kappa shape index (κ2) is 7.47. The van der Waals surface area contributed by atoms with Crippen molar-refractivity contribution in [2.24, 2.45) is 0 Å². The first-order chi connectivity index (χ1) is 15.1. The summed E-state index contributed by atoms with van der Waals surface area (Å²) in [5.41, 5.74) is 7.96. The molecule has 1 N–H and O–H groups in total. The number of anilines is 1. The van der Waals surface area contributed by atoms with Gasteiger partial charge in [-0.2, -0.15) is 5.10 Å². The van der Waals surface area contributed by atoms with Crippen LogP contribution in [0.15, 0.2) is 72.0 Å². The van der Waals surface area contributed by atoms with E-state index in [-0.39, 0.29) is 6.04 Å². The number of methoxy groups -OCH3 is 1. The number of nitrogens with one attached hydrogen (secondary N) is 1.